The first-order valence-corrected chi connectivity index (χ1v) is 8.57. The van der Waals surface area contributed by atoms with E-state index in [1.165, 1.54) is 0 Å². The van der Waals surface area contributed by atoms with E-state index in [9.17, 15) is 9.59 Å². The molecule has 0 fully saturated rings. The maximum Gasteiger partial charge on any atom is 0.319 e. The van der Waals surface area contributed by atoms with Gasteiger partial charge in [0.15, 0.2) is 0 Å². The average Bonchev–Trinajstić information content (AvgIpc) is 2.62. The topological polar surface area (TPSA) is 79.5 Å². The summed E-state index contributed by atoms with van der Waals surface area (Å²) >= 11 is 0. The summed E-state index contributed by atoms with van der Waals surface area (Å²) < 4.78 is 5.60. The Morgan fingerprint density at radius 2 is 1.73 bits per heavy atom. The van der Waals surface area contributed by atoms with E-state index in [0.29, 0.717) is 12.2 Å². The lowest BCUT2D eigenvalue weighted by atomic mass is 10.1. The molecule has 3 N–H and O–H groups in total. The molecular weight excluding hydrogens is 330 g/mol. The molecule has 0 atom stereocenters. The third-order valence-corrected chi connectivity index (χ3v) is 3.64. The van der Waals surface area contributed by atoms with Crippen molar-refractivity contribution in [3.8, 4) is 5.75 Å². The van der Waals surface area contributed by atoms with Gasteiger partial charge >= 0.3 is 6.03 Å². The lowest BCUT2D eigenvalue weighted by Crippen LogP contribution is -2.29. The van der Waals surface area contributed by atoms with E-state index >= 15 is 0 Å². The Kier molecular flexibility index (Phi) is 7.02. The van der Waals surface area contributed by atoms with Gasteiger partial charge in [-0.2, -0.15) is 0 Å². The molecule has 0 unspecified atom stereocenters. The van der Waals surface area contributed by atoms with E-state index in [-0.39, 0.29) is 24.5 Å². The second-order valence-electron chi connectivity index (χ2n) is 6.13. The van der Waals surface area contributed by atoms with Crippen molar-refractivity contribution in [2.75, 3.05) is 12.4 Å². The first-order valence-electron chi connectivity index (χ1n) is 8.57. The first kappa shape index (κ1) is 19.3. The molecule has 2 aromatic carbocycles. The van der Waals surface area contributed by atoms with E-state index in [1.807, 2.05) is 56.3 Å². The van der Waals surface area contributed by atoms with E-state index in [2.05, 4.69) is 16.0 Å². The number of hydrogen-bond donors (Lipinski definition) is 3. The zero-order valence-corrected chi connectivity index (χ0v) is 15.3. The van der Waals surface area contributed by atoms with Gasteiger partial charge in [-0.3, -0.25) is 4.79 Å². The number of likely N-dealkylation sites (N-methyl/N-ethyl adjacent to an activating group) is 1. The fourth-order valence-corrected chi connectivity index (χ4v) is 2.36. The SMILES string of the molecule is CNC(=O)Cc1ccccc1NC(=O)NCc1ccc(OC(C)C)cc1. The van der Waals surface area contributed by atoms with Gasteiger partial charge in [0.1, 0.15) is 5.75 Å². The van der Waals surface area contributed by atoms with E-state index in [1.54, 1.807) is 13.1 Å². The number of carbonyl (C=O) groups excluding carboxylic acids is 2. The quantitative estimate of drug-likeness (QED) is 0.714. The number of carbonyl (C=O) groups is 2. The van der Waals surface area contributed by atoms with E-state index in [0.717, 1.165) is 16.9 Å². The third kappa shape index (κ3) is 6.12. The van der Waals surface area contributed by atoms with Gasteiger partial charge in [0.05, 0.1) is 12.5 Å². The molecule has 0 aromatic heterocycles. The summed E-state index contributed by atoms with van der Waals surface area (Å²) in [6, 6.07) is 14.5. The van der Waals surface area contributed by atoms with E-state index in [4.69, 9.17) is 4.74 Å². The minimum absolute atomic E-state index is 0.108. The minimum Gasteiger partial charge on any atom is -0.491 e. The number of para-hydroxylation sites is 1. The molecule has 3 amide bonds. The average molecular weight is 355 g/mol. The zero-order chi connectivity index (χ0) is 18.9. The lowest BCUT2D eigenvalue weighted by molar-refractivity contribution is -0.119. The molecule has 6 heteroatoms. The van der Waals surface area contributed by atoms with Crippen LogP contribution in [0.2, 0.25) is 0 Å². The Labute approximate surface area is 153 Å². The molecular formula is C20H25N3O3. The van der Waals surface area contributed by atoms with Crippen LogP contribution in [0.3, 0.4) is 0 Å². The second kappa shape index (κ2) is 9.46. The molecule has 6 nitrogen and oxygen atoms in total. The van der Waals surface area contributed by atoms with Gasteiger partial charge < -0.3 is 20.7 Å². The first-order chi connectivity index (χ1) is 12.5. The van der Waals surface area contributed by atoms with Gasteiger partial charge in [-0.05, 0) is 43.2 Å². The van der Waals surface area contributed by atoms with Crippen molar-refractivity contribution < 1.29 is 14.3 Å². The van der Waals surface area contributed by atoms with Crippen LogP contribution >= 0.6 is 0 Å². The second-order valence-corrected chi connectivity index (χ2v) is 6.13. The van der Waals surface area contributed by atoms with Crippen molar-refractivity contribution in [2.45, 2.75) is 32.9 Å². The normalized spacial score (nSPS) is 10.3. The maximum absolute atomic E-state index is 12.2. The van der Waals surface area contributed by atoms with E-state index < -0.39 is 0 Å². The molecule has 2 rings (SSSR count). The summed E-state index contributed by atoms with van der Waals surface area (Å²) in [5.74, 6) is 0.694. The van der Waals surface area contributed by atoms with Crippen LogP contribution in [0.15, 0.2) is 48.5 Å². The number of nitrogens with one attached hydrogen (secondary N) is 3. The van der Waals surface area contributed by atoms with Gasteiger partial charge in [-0.15, -0.1) is 0 Å². The van der Waals surface area contributed by atoms with Crippen LogP contribution in [0.5, 0.6) is 5.75 Å². The van der Waals surface area contributed by atoms with Crippen LogP contribution in [-0.2, 0) is 17.8 Å². The molecule has 0 aliphatic heterocycles. The van der Waals surface area contributed by atoms with Gasteiger partial charge in [0.2, 0.25) is 5.91 Å². The number of ether oxygens (including phenoxy) is 1. The molecule has 0 saturated heterocycles. The van der Waals surface area contributed by atoms with Crippen LogP contribution in [0.25, 0.3) is 0 Å². The lowest BCUT2D eigenvalue weighted by Gasteiger charge is -2.12. The molecule has 0 aliphatic rings. The highest BCUT2D eigenvalue weighted by Crippen LogP contribution is 2.16. The molecule has 138 valence electrons. The Morgan fingerprint density at radius 1 is 1.04 bits per heavy atom. The summed E-state index contributed by atoms with van der Waals surface area (Å²) in [5, 5.41) is 8.18. The number of anilines is 1. The van der Waals surface area contributed by atoms with Crippen LogP contribution in [0, 0.1) is 0 Å². The number of amides is 3. The largest absolute Gasteiger partial charge is 0.491 e. The van der Waals surface area contributed by atoms with Crippen LogP contribution in [0.4, 0.5) is 10.5 Å². The molecule has 0 spiro atoms. The molecule has 2 aromatic rings. The minimum atomic E-state index is -0.322. The summed E-state index contributed by atoms with van der Waals surface area (Å²) in [4.78, 5) is 23.7. The summed E-state index contributed by atoms with van der Waals surface area (Å²) in [6.45, 7) is 4.34. The van der Waals surface area contributed by atoms with Gasteiger partial charge in [0, 0.05) is 19.3 Å². The van der Waals surface area contributed by atoms with Crippen molar-refractivity contribution in [1.29, 1.82) is 0 Å². The molecule has 0 radical (unpaired) electrons. The number of rotatable bonds is 7. The van der Waals surface area contributed by atoms with Crippen molar-refractivity contribution in [3.63, 3.8) is 0 Å². The number of benzene rings is 2. The fourth-order valence-electron chi connectivity index (χ4n) is 2.36. The van der Waals surface area contributed by atoms with Crippen molar-refractivity contribution >= 4 is 17.6 Å². The maximum atomic E-state index is 12.2. The molecule has 0 bridgehead atoms. The smallest absolute Gasteiger partial charge is 0.319 e. The molecule has 0 aliphatic carbocycles. The van der Waals surface area contributed by atoms with Crippen molar-refractivity contribution in [3.05, 3.63) is 59.7 Å². The van der Waals surface area contributed by atoms with Gasteiger partial charge in [-0.25, -0.2) is 4.79 Å². The van der Waals surface area contributed by atoms with Gasteiger partial charge in [0.25, 0.3) is 0 Å². The van der Waals surface area contributed by atoms with Gasteiger partial charge in [-0.1, -0.05) is 30.3 Å². The Hall–Kier alpha value is -3.02. The standard InChI is InChI=1S/C20H25N3O3/c1-14(2)26-17-10-8-15(9-11-17)13-22-20(25)23-18-7-5-4-6-16(18)12-19(24)21-3/h4-11,14H,12-13H2,1-3H3,(H,21,24)(H2,22,23,25). The summed E-state index contributed by atoms with van der Waals surface area (Å²) in [7, 11) is 1.59. The highest BCUT2D eigenvalue weighted by Gasteiger charge is 2.09. The Bertz CT molecular complexity index is 742. The Balaban J connectivity index is 1.90. The van der Waals surface area contributed by atoms with Crippen LogP contribution in [-0.4, -0.2) is 25.1 Å². The number of hydrogen-bond acceptors (Lipinski definition) is 3. The predicted octanol–water partition coefficient (Wildman–Crippen LogP) is 3.08. The molecule has 26 heavy (non-hydrogen) atoms. The van der Waals surface area contributed by atoms with Crippen LogP contribution < -0.4 is 20.7 Å². The monoisotopic (exact) mass is 355 g/mol. The Morgan fingerprint density at radius 3 is 2.38 bits per heavy atom. The zero-order valence-electron chi connectivity index (χ0n) is 15.3. The number of urea groups is 1. The fraction of sp³-hybridized carbons (Fsp3) is 0.300. The third-order valence-electron chi connectivity index (χ3n) is 3.64. The van der Waals surface area contributed by atoms with Crippen molar-refractivity contribution in [2.24, 2.45) is 0 Å². The predicted molar refractivity (Wildman–Crippen MR) is 102 cm³/mol. The molecule has 0 saturated carbocycles. The summed E-state index contributed by atoms with van der Waals surface area (Å²) in [5.41, 5.74) is 2.35. The van der Waals surface area contributed by atoms with Crippen LogP contribution in [0.1, 0.15) is 25.0 Å². The highest BCUT2D eigenvalue weighted by atomic mass is 16.5. The summed E-state index contributed by atoms with van der Waals surface area (Å²) in [6.07, 6.45) is 0.337. The molecule has 0 heterocycles. The highest BCUT2D eigenvalue weighted by molar-refractivity contribution is 5.91. The van der Waals surface area contributed by atoms with Crippen molar-refractivity contribution in [1.82, 2.24) is 10.6 Å².